The lowest BCUT2D eigenvalue weighted by molar-refractivity contribution is 0.0919. The van der Waals surface area contributed by atoms with Crippen molar-refractivity contribution in [3.8, 4) is 5.75 Å². The van der Waals surface area contributed by atoms with Gasteiger partial charge in [0.15, 0.2) is 5.76 Å². The molecule has 0 unspecified atom stereocenters. The number of nitrogens with zero attached hydrogens (tertiary/aromatic N) is 2. The molecule has 6 nitrogen and oxygen atoms in total. The Morgan fingerprint density at radius 2 is 2.11 bits per heavy atom. The fraction of sp³-hybridized carbons (Fsp3) is 0.238. The Morgan fingerprint density at radius 1 is 1.30 bits per heavy atom. The van der Waals surface area contributed by atoms with E-state index in [4.69, 9.17) is 9.15 Å². The van der Waals surface area contributed by atoms with Crippen LogP contribution in [0.5, 0.6) is 5.75 Å². The number of hydrogen-bond donors (Lipinski definition) is 1. The van der Waals surface area contributed by atoms with Gasteiger partial charge < -0.3 is 14.5 Å². The van der Waals surface area contributed by atoms with Gasteiger partial charge in [-0.15, -0.1) is 6.58 Å². The van der Waals surface area contributed by atoms with Gasteiger partial charge in [0.25, 0.3) is 5.91 Å². The molecule has 2 heterocycles. The maximum atomic E-state index is 12.3. The average Bonchev–Trinajstić information content (AvgIpc) is 3.27. The number of carbonyl (C=O) groups is 1. The number of rotatable bonds is 8. The molecule has 2 aromatic heterocycles. The maximum Gasteiger partial charge on any atom is 0.287 e. The molecule has 0 aliphatic rings. The fourth-order valence-corrected chi connectivity index (χ4v) is 2.68. The molecule has 1 amide bonds. The molecule has 6 heteroatoms. The Balaban J connectivity index is 1.57. The van der Waals surface area contributed by atoms with Crippen LogP contribution in [-0.4, -0.2) is 15.7 Å². The van der Waals surface area contributed by atoms with Crippen LogP contribution < -0.4 is 10.1 Å². The van der Waals surface area contributed by atoms with E-state index in [1.165, 1.54) is 0 Å². The Hall–Kier alpha value is -3.28. The van der Waals surface area contributed by atoms with Gasteiger partial charge in [-0.1, -0.05) is 24.3 Å². The van der Waals surface area contributed by atoms with E-state index in [9.17, 15) is 4.79 Å². The molecule has 1 N–H and O–H groups in total. The minimum absolute atomic E-state index is 0.253. The Bertz CT molecular complexity index is 940. The van der Waals surface area contributed by atoms with E-state index in [1.54, 1.807) is 23.0 Å². The minimum atomic E-state index is -0.267. The lowest BCUT2D eigenvalue weighted by atomic mass is 10.1. The summed E-state index contributed by atoms with van der Waals surface area (Å²) in [5, 5.41) is 7.01. The van der Waals surface area contributed by atoms with E-state index in [0.717, 1.165) is 29.0 Å². The molecule has 0 fully saturated rings. The zero-order valence-electron chi connectivity index (χ0n) is 15.6. The highest BCUT2D eigenvalue weighted by atomic mass is 16.5. The highest BCUT2D eigenvalue weighted by Gasteiger charge is 2.13. The maximum absolute atomic E-state index is 12.3. The number of allylic oxidation sites excluding steroid dienone is 1. The second-order valence-corrected chi connectivity index (χ2v) is 6.22. The first-order valence-electron chi connectivity index (χ1n) is 8.74. The highest BCUT2D eigenvalue weighted by molar-refractivity contribution is 5.91. The second kappa shape index (κ2) is 8.40. The van der Waals surface area contributed by atoms with Crippen molar-refractivity contribution < 1.29 is 13.9 Å². The number of hydrogen-bond acceptors (Lipinski definition) is 4. The summed E-state index contributed by atoms with van der Waals surface area (Å²) < 4.78 is 13.2. The topological polar surface area (TPSA) is 69.3 Å². The summed E-state index contributed by atoms with van der Waals surface area (Å²) >= 11 is 0. The van der Waals surface area contributed by atoms with Crippen LogP contribution in [-0.2, 0) is 26.6 Å². The van der Waals surface area contributed by atoms with Crippen LogP contribution in [0.1, 0.15) is 33.1 Å². The number of aryl methyl sites for hydroxylation is 1. The van der Waals surface area contributed by atoms with E-state index < -0.39 is 0 Å². The summed E-state index contributed by atoms with van der Waals surface area (Å²) in [5.41, 5.74) is 3.05. The highest BCUT2D eigenvalue weighted by Crippen LogP contribution is 2.20. The summed E-state index contributed by atoms with van der Waals surface area (Å²) in [5.74, 6) is 1.36. The van der Waals surface area contributed by atoms with Crippen molar-refractivity contribution in [2.24, 2.45) is 7.05 Å². The lowest BCUT2D eigenvalue weighted by Crippen LogP contribution is -2.22. The van der Waals surface area contributed by atoms with Gasteiger partial charge in [0.2, 0.25) is 0 Å². The molecule has 0 bridgehead atoms. The van der Waals surface area contributed by atoms with Gasteiger partial charge >= 0.3 is 0 Å². The zero-order chi connectivity index (χ0) is 19.2. The molecule has 140 valence electrons. The molecule has 3 rings (SSSR count). The first-order chi connectivity index (χ1) is 13.1. The molecular formula is C21H23N3O3. The fourth-order valence-electron chi connectivity index (χ4n) is 2.68. The first kappa shape index (κ1) is 18.5. The van der Waals surface area contributed by atoms with Crippen molar-refractivity contribution in [3.05, 3.63) is 83.6 Å². The predicted molar refractivity (Wildman–Crippen MR) is 102 cm³/mol. The Labute approximate surface area is 158 Å². The van der Waals surface area contributed by atoms with E-state index >= 15 is 0 Å². The van der Waals surface area contributed by atoms with Crippen LogP contribution in [0.3, 0.4) is 0 Å². The third-order valence-corrected chi connectivity index (χ3v) is 4.37. The SMILES string of the molecule is C=CCc1ccccc1OCc1ccc(C(=O)NCc2cnn(C)c2C)o1. The normalized spacial score (nSPS) is 10.6. The van der Waals surface area contributed by atoms with Gasteiger partial charge in [-0.25, -0.2) is 0 Å². The van der Waals surface area contributed by atoms with Crippen LogP contribution in [0, 0.1) is 6.92 Å². The van der Waals surface area contributed by atoms with Crippen molar-refractivity contribution in [1.82, 2.24) is 15.1 Å². The monoisotopic (exact) mass is 365 g/mol. The average molecular weight is 365 g/mol. The van der Waals surface area contributed by atoms with Gasteiger partial charge in [0.05, 0.1) is 6.20 Å². The Kier molecular flexibility index (Phi) is 5.76. The number of amides is 1. The molecule has 27 heavy (non-hydrogen) atoms. The van der Waals surface area contributed by atoms with Crippen molar-refractivity contribution in [3.63, 3.8) is 0 Å². The van der Waals surface area contributed by atoms with Crippen LogP contribution in [0.15, 0.2) is 59.7 Å². The quantitative estimate of drug-likeness (QED) is 0.620. The largest absolute Gasteiger partial charge is 0.485 e. The number of aromatic nitrogens is 2. The zero-order valence-corrected chi connectivity index (χ0v) is 15.6. The second-order valence-electron chi connectivity index (χ2n) is 6.22. The molecule has 3 aromatic rings. The standard InChI is InChI=1S/C21H23N3O3/c1-4-7-16-8-5-6-9-19(16)26-14-18-10-11-20(27-18)21(25)22-12-17-13-23-24(3)15(17)2/h4-6,8-11,13H,1,7,12,14H2,2-3H3,(H,22,25). The van der Waals surface area contributed by atoms with Crippen LogP contribution in [0.25, 0.3) is 0 Å². The molecule has 0 spiro atoms. The van der Waals surface area contributed by atoms with Crippen molar-refractivity contribution in [2.45, 2.75) is 26.5 Å². The van der Waals surface area contributed by atoms with Gasteiger partial charge in [-0.3, -0.25) is 9.48 Å². The molecule has 0 saturated carbocycles. The molecule has 0 aliphatic carbocycles. The molecule has 0 atom stereocenters. The van der Waals surface area contributed by atoms with Crippen LogP contribution in [0.2, 0.25) is 0 Å². The minimum Gasteiger partial charge on any atom is -0.485 e. The van der Waals surface area contributed by atoms with Gasteiger partial charge in [-0.05, 0) is 37.1 Å². The lowest BCUT2D eigenvalue weighted by Gasteiger charge is -2.09. The summed E-state index contributed by atoms with van der Waals surface area (Å²) in [6, 6.07) is 11.2. The van der Waals surface area contributed by atoms with E-state index in [1.807, 2.05) is 44.3 Å². The third kappa shape index (κ3) is 4.47. The third-order valence-electron chi connectivity index (χ3n) is 4.37. The number of carbonyl (C=O) groups excluding carboxylic acids is 1. The predicted octanol–water partition coefficient (Wildman–Crippen LogP) is 3.56. The molecular weight excluding hydrogens is 342 g/mol. The van der Waals surface area contributed by atoms with Gasteiger partial charge in [0.1, 0.15) is 18.1 Å². The van der Waals surface area contributed by atoms with Gasteiger partial charge in [-0.2, -0.15) is 5.10 Å². The summed E-state index contributed by atoms with van der Waals surface area (Å²) in [7, 11) is 1.87. The molecule has 0 saturated heterocycles. The van der Waals surface area contributed by atoms with Gasteiger partial charge in [0, 0.05) is 24.8 Å². The number of para-hydroxylation sites is 1. The number of furan rings is 1. The smallest absolute Gasteiger partial charge is 0.287 e. The van der Waals surface area contributed by atoms with E-state index in [0.29, 0.717) is 12.3 Å². The summed E-state index contributed by atoms with van der Waals surface area (Å²) in [4.78, 5) is 12.3. The molecule has 0 aliphatic heterocycles. The molecule has 0 radical (unpaired) electrons. The first-order valence-corrected chi connectivity index (χ1v) is 8.74. The van der Waals surface area contributed by atoms with Crippen molar-refractivity contribution >= 4 is 5.91 Å². The van der Waals surface area contributed by atoms with Crippen LogP contribution >= 0.6 is 0 Å². The molecule has 1 aromatic carbocycles. The number of nitrogens with one attached hydrogen (secondary N) is 1. The number of benzene rings is 1. The Morgan fingerprint density at radius 3 is 2.85 bits per heavy atom. The number of ether oxygens (including phenoxy) is 1. The van der Waals surface area contributed by atoms with Crippen molar-refractivity contribution in [2.75, 3.05) is 0 Å². The summed E-state index contributed by atoms with van der Waals surface area (Å²) in [6.07, 6.45) is 4.31. The van der Waals surface area contributed by atoms with E-state index in [-0.39, 0.29) is 18.3 Å². The van der Waals surface area contributed by atoms with Crippen molar-refractivity contribution in [1.29, 1.82) is 0 Å². The summed E-state index contributed by atoms with van der Waals surface area (Å²) in [6.45, 7) is 6.38. The van der Waals surface area contributed by atoms with Crippen LogP contribution in [0.4, 0.5) is 0 Å². The van der Waals surface area contributed by atoms with E-state index in [2.05, 4.69) is 17.0 Å².